The second kappa shape index (κ2) is 3.41. The summed E-state index contributed by atoms with van der Waals surface area (Å²) in [6, 6.07) is 9.43. The fourth-order valence-corrected chi connectivity index (χ4v) is 3.99. The Morgan fingerprint density at radius 1 is 1.37 bits per heavy atom. The largest absolute Gasteiger partial charge is 0.465 e. The highest BCUT2D eigenvalue weighted by molar-refractivity contribution is 5.53. The normalized spacial score (nSPS) is 31.8. The minimum atomic E-state index is 0.218. The molecule has 1 aliphatic heterocycles. The van der Waals surface area contributed by atoms with Crippen LogP contribution in [-0.2, 0) is 12.5 Å². The third-order valence-corrected chi connectivity index (χ3v) is 5.20. The van der Waals surface area contributed by atoms with E-state index in [-0.39, 0.29) is 5.41 Å². The van der Waals surface area contributed by atoms with Gasteiger partial charge in [0.05, 0.1) is 19.5 Å². The van der Waals surface area contributed by atoms with Crippen LogP contribution >= 0.6 is 0 Å². The quantitative estimate of drug-likeness (QED) is 0.730. The lowest BCUT2D eigenvalue weighted by Gasteiger charge is -2.32. The van der Waals surface area contributed by atoms with E-state index in [1.807, 2.05) is 6.26 Å². The summed E-state index contributed by atoms with van der Waals surface area (Å²) in [4.78, 5) is 2.52. The average molecular weight is 255 g/mol. The number of fused-ring (bicyclic) bond motifs is 5. The van der Waals surface area contributed by atoms with E-state index in [2.05, 4.69) is 60.8 Å². The molecule has 3 nitrogen and oxygen atoms in total. The lowest BCUT2D eigenvalue weighted by atomic mass is 9.80. The SMILES string of the molecule is CC1N(c2cccc[n+]2C)C2CC1(C)c1ccoc12. The minimum Gasteiger partial charge on any atom is -0.465 e. The molecule has 1 aliphatic carbocycles. The standard InChI is InChI=1S/C16H19N2O/c1-11-16(2)10-13(15-12(16)7-9-19-15)18(11)14-6-4-5-8-17(14)3/h4-9,11,13H,10H2,1-3H3/q+1. The van der Waals surface area contributed by atoms with Crippen molar-refractivity contribution in [2.45, 2.75) is 37.8 Å². The van der Waals surface area contributed by atoms with Gasteiger partial charge in [-0.15, -0.1) is 0 Å². The maximum atomic E-state index is 5.76. The Hall–Kier alpha value is -1.77. The minimum absolute atomic E-state index is 0.218. The van der Waals surface area contributed by atoms with Crippen molar-refractivity contribution in [1.82, 2.24) is 0 Å². The van der Waals surface area contributed by atoms with E-state index in [1.165, 1.54) is 17.1 Å². The van der Waals surface area contributed by atoms with Gasteiger partial charge >= 0.3 is 0 Å². The number of aryl methyl sites for hydroxylation is 1. The van der Waals surface area contributed by atoms with Crippen molar-refractivity contribution in [3.05, 3.63) is 48.0 Å². The summed E-state index contributed by atoms with van der Waals surface area (Å²) in [5.74, 6) is 2.44. The molecule has 2 bridgehead atoms. The van der Waals surface area contributed by atoms with Crippen LogP contribution < -0.4 is 9.47 Å². The molecular weight excluding hydrogens is 236 g/mol. The van der Waals surface area contributed by atoms with Crippen LogP contribution in [0, 0.1) is 0 Å². The Morgan fingerprint density at radius 3 is 3.00 bits per heavy atom. The summed E-state index contributed by atoms with van der Waals surface area (Å²) < 4.78 is 7.96. The highest BCUT2D eigenvalue weighted by Gasteiger charge is 2.62. The number of aromatic nitrogens is 1. The van der Waals surface area contributed by atoms with Gasteiger partial charge in [0.2, 0.25) is 0 Å². The van der Waals surface area contributed by atoms with Crippen LogP contribution in [-0.4, -0.2) is 6.04 Å². The number of pyridine rings is 1. The number of nitrogens with zero attached hydrogens (tertiary/aromatic N) is 2. The van der Waals surface area contributed by atoms with Gasteiger partial charge in [0, 0.05) is 23.5 Å². The zero-order chi connectivity index (χ0) is 13.2. The molecule has 2 aromatic rings. The van der Waals surface area contributed by atoms with E-state index in [0.717, 1.165) is 6.42 Å². The molecule has 98 valence electrons. The van der Waals surface area contributed by atoms with Crippen molar-refractivity contribution in [2.24, 2.45) is 7.05 Å². The van der Waals surface area contributed by atoms with Crippen LogP contribution in [0.2, 0.25) is 0 Å². The Morgan fingerprint density at radius 2 is 2.21 bits per heavy atom. The van der Waals surface area contributed by atoms with Gasteiger partial charge in [0.15, 0.2) is 11.8 Å². The summed E-state index contributed by atoms with van der Waals surface area (Å²) in [5.41, 5.74) is 1.63. The van der Waals surface area contributed by atoms with Crippen molar-refractivity contribution in [3.63, 3.8) is 0 Å². The predicted octanol–water partition coefficient (Wildman–Crippen LogP) is 2.72. The zero-order valence-corrected chi connectivity index (χ0v) is 11.6. The summed E-state index contributed by atoms with van der Waals surface area (Å²) in [6.07, 6.45) is 5.12. The second-order valence-electron chi connectivity index (χ2n) is 6.09. The van der Waals surface area contributed by atoms with Gasteiger partial charge < -0.3 is 4.42 Å². The highest BCUT2D eigenvalue weighted by atomic mass is 16.3. The summed E-state index contributed by atoms with van der Waals surface area (Å²) in [5, 5.41) is 0. The van der Waals surface area contributed by atoms with Gasteiger partial charge in [-0.2, -0.15) is 0 Å². The maximum absolute atomic E-state index is 5.76. The fraction of sp³-hybridized carbons (Fsp3) is 0.438. The predicted molar refractivity (Wildman–Crippen MR) is 73.0 cm³/mol. The van der Waals surface area contributed by atoms with E-state index in [1.54, 1.807) is 0 Å². The molecule has 0 saturated carbocycles. The lowest BCUT2D eigenvalue weighted by molar-refractivity contribution is -0.659. The molecule has 2 aliphatic rings. The third kappa shape index (κ3) is 1.20. The van der Waals surface area contributed by atoms with Crippen LogP contribution in [0.25, 0.3) is 0 Å². The number of furan rings is 1. The van der Waals surface area contributed by atoms with Crippen LogP contribution in [0.4, 0.5) is 5.82 Å². The molecule has 2 aromatic heterocycles. The number of anilines is 1. The highest BCUT2D eigenvalue weighted by Crippen LogP contribution is 2.58. The van der Waals surface area contributed by atoms with Gasteiger partial charge in [0.25, 0.3) is 5.82 Å². The van der Waals surface area contributed by atoms with Gasteiger partial charge in [-0.3, -0.25) is 0 Å². The van der Waals surface area contributed by atoms with E-state index < -0.39 is 0 Å². The molecule has 3 atom stereocenters. The molecule has 0 aromatic carbocycles. The lowest BCUT2D eigenvalue weighted by Crippen LogP contribution is -2.47. The molecule has 0 amide bonds. The van der Waals surface area contributed by atoms with Gasteiger partial charge in [0.1, 0.15) is 6.04 Å². The third-order valence-electron chi connectivity index (χ3n) is 5.20. The summed E-state index contributed by atoms with van der Waals surface area (Å²) >= 11 is 0. The first-order chi connectivity index (χ1) is 9.13. The van der Waals surface area contributed by atoms with Gasteiger partial charge in [-0.1, -0.05) is 13.0 Å². The summed E-state index contributed by atoms with van der Waals surface area (Å²) in [7, 11) is 2.11. The molecule has 0 spiro atoms. The maximum Gasteiger partial charge on any atom is 0.277 e. The molecule has 0 radical (unpaired) electrons. The molecule has 1 fully saturated rings. The van der Waals surface area contributed by atoms with E-state index >= 15 is 0 Å². The first-order valence-electron chi connectivity index (χ1n) is 6.94. The van der Waals surface area contributed by atoms with E-state index in [4.69, 9.17) is 4.42 Å². The van der Waals surface area contributed by atoms with Crippen LogP contribution in [0.1, 0.15) is 37.6 Å². The average Bonchev–Trinajstić information content (AvgIpc) is 3.02. The van der Waals surface area contributed by atoms with E-state index in [9.17, 15) is 0 Å². The second-order valence-corrected chi connectivity index (χ2v) is 6.09. The van der Waals surface area contributed by atoms with Crippen molar-refractivity contribution in [2.75, 3.05) is 4.90 Å². The van der Waals surface area contributed by atoms with Crippen LogP contribution in [0.5, 0.6) is 0 Å². The fourth-order valence-electron chi connectivity index (χ4n) is 3.99. The molecular formula is C16H19N2O+. The molecule has 0 N–H and O–H groups in total. The molecule has 4 rings (SSSR count). The first kappa shape index (κ1) is 11.1. The first-order valence-corrected chi connectivity index (χ1v) is 6.94. The van der Waals surface area contributed by atoms with Crippen molar-refractivity contribution in [1.29, 1.82) is 0 Å². The topological polar surface area (TPSA) is 20.3 Å². The smallest absolute Gasteiger partial charge is 0.277 e. The van der Waals surface area contributed by atoms with Crippen molar-refractivity contribution in [3.8, 4) is 0 Å². The van der Waals surface area contributed by atoms with Crippen LogP contribution in [0.3, 0.4) is 0 Å². The Kier molecular flexibility index (Phi) is 1.99. The molecule has 3 heterocycles. The molecule has 1 saturated heterocycles. The zero-order valence-electron chi connectivity index (χ0n) is 11.6. The van der Waals surface area contributed by atoms with Crippen molar-refractivity contribution >= 4 is 5.82 Å². The number of rotatable bonds is 1. The number of hydrogen-bond donors (Lipinski definition) is 0. The Bertz CT molecular complexity index is 648. The Balaban J connectivity index is 1.88. The molecule has 19 heavy (non-hydrogen) atoms. The monoisotopic (exact) mass is 255 g/mol. The van der Waals surface area contributed by atoms with Gasteiger partial charge in [-0.25, -0.2) is 9.47 Å². The summed E-state index contributed by atoms with van der Waals surface area (Å²) in [6.45, 7) is 4.71. The van der Waals surface area contributed by atoms with Crippen molar-refractivity contribution < 1.29 is 8.98 Å². The Labute approximate surface area is 113 Å². The molecule has 3 unspecified atom stereocenters. The number of hydrogen-bond acceptors (Lipinski definition) is 2. The van der Waals surface area contributed by atoms with Crippen LogP contribution in [0.15, 0.2) is 41.1 Å². The molecule has 3 heteroatoms. The van der Waals surface area contributed by atoms with Gasteiger partial charge in [-0.05, 0) is 19.1 Å². The van der Waals surface area contributed by atoms with E-state index in [0.29, 0.717) is 12.1 Å².